The second-order valence-corrected chi connectivity index (χ2v) is 9.90. The zero-order valence-corrected chi connectivity index (χ0v) is 20.5. The number of piperazine rings is 1. The van der Waals surface area contributed by atoms with E-state index in [9.17, 15) is 0 Å². The highest BCUT2D eigenvalue weighted by molar-refractivity contribution is 6.33. The van der Waals surface area contributed by atoms with Gasteiger partial charge in [-0.1, -0.05) is 49.2 Å². The molecule has 0 bridgehead atoms. The van der Waals surface area contributed by atoms with E-state index in [4.69, 9.17) is 33.2 Å². The first-order chi connectivity index (χ1) is 15.4. The highest BCUT2D eigenvalue weighted by atomic mass is 35.5. The number of hydrogen-bond acceptors (Lipinski definition) is 5. The standard InChI is InChI=1S/C25H31Cl2N5/c1-17(2)14-18(3)28-24-25(30-23-7-5-4-6-22(23)29-24)32-12-10-31(11-13-32)16-19-15-20(26)8-9-21(19)27/h4-9,15,17-18H,10-14,16H2,1-3H3,(H,28,29). The van der Waals surface area contributed by atoms with E-state index >= 15 is 0 Å². The average Bonchev–Trinajstić information content (AvgIpc) is 2.76. The summed E-state index contributed by atoms with van der Waals surface area (Å²) in [6.07, 6.45) is 1.09. The summed E-state index contributed by atoms with van der Waals surface area (Å²) in [6, 6.07) is 14.1. The third kappa shape index (κ3) is 5.64. The summed E-state index contributed by atoms with van der Waals surface area (Å²) in [5, 5.41) is 5.12. The topological polar surface area (TPSA) is 44.3 Å². The van der Waals surface area contributed by atoms with E-state index < -0.39 is 0 Å². The molecule has 1 N–H and O–H groups in total. The normalized spacial score (nSPS) is 16.0. The van der Waals surface area contributed by atoms with Crippen molar-refractivity contribution in [1.82, 2.24) is 14.9 Å². The minimum atomic E-state index is 0.329. The van der Waals surface area contributed by atoms with Gasteiger partial charge in [0.05, 0.1) is 11.0 Å². The molecule has 1 atom stereocenters. The Bertz CT molecular complexity index is 1060. The number of hydrogen-bond donors (Lipinski definition) is 1. The Morgan fingerprint density at radius 3 is 2.31 bits per heavy atom. The maximum Gasteiger partial charge on any atom is 0.172 e. The van der Waals surface area contributed by atoms with Crippen LogP contribution in [0.25, 0.3) is 11.0 Å². The van der Waals surface area contributed by atoms with Crippen LogP contribution in [0.2, 0.25) is 10.0 Å². The summed E-state index contributed by atoms with van der Waals surface area (Å²) in [5.41, 5.74) is 2.92. The van der Waals surface area contributed by atoms with Gasteiger partial charge in [0, 0.05) is 48.8 Å². The Morgan fingerprint density at radius 2 is 1.62 bits per heavy atom. The van der Waals surface area contributed by atoms with E-state index in [0.29, 0.717) is 12.0 Å². The fraction of sp³-hybridized carbons (Fsp3) is 0.440. The number of benzene rings is 2. The highest BCUT2D eigenvalue weighted by Crippen LogP contribution is 2.28. The Morgan fingerprint density at radius 1 is 0.938 bits per heavy atom. The average molecular weight is 472 g/mol. The van der Waals surface area contributed by atoms with Gasteiger partial charge >= 0.3 is 0 Å². The van der Waals surface area contributed by atoms with Crippen LogP contribution < -0.4 is 10.2 Å². The van der Waals surface area contributed by atoms with Crippen LogP contribution in [-0.4, -0.2) is 47.1 Å². The SMILES string of the molecule is CC(C)CC(C)Nc1nc2ccccc2nc1N1CCN(Cc2cc(Cl)ccc2Cl)CC1. The Labute approximate surface area is 200 Å². The molecule has 0 saturated carbocycles. The van der Waals surface area contributed by atoms with Crippen LogP contribution in [0.4, 0.5) is 11.6 Å². The van der Waals surface area contributed by atoms with Crippen molar-refractivity contribution in [3.8, 4) is 0 Å². The van der Waals surface area contributed by atoms with Crippen LogP contribution in [0.15, 0.2) is 42.5 Å². The number of anilines is 2. The Kier molecular flexibility index (Phi) is 7.39. The molecule has 1 aliphatic rings. The maximum absolute atomic E-state index is 6.38. The molecule has 1 aromatic heterocycles. The number of rotatable bonds is 7. The number of halogens is 2. The molecule has 0 radical (unpaired) electrons. The predicted molar refractivity (Wildman–Crippen MR) is 136 cm³/mol. The number of nitrogens with zero attached hydrogens (tertiary/aromatic N) is 4. The highest BCUT2D eigenvalue weighted by Gasteiger charge is 2.23. The molecule has 7 heteroatoms. The molecule has 0 spiro atoms. The van der Waals surface area contributed by atoms with E-state index in [1.54, 1.807) is 0 Å². The zero-order valence-electron chi connectivity index (χ0n) is 19.0. The smallest absolute Gasteiger partial charge is 0.172 e. The summed E-state index contributed by atoms with van der Waals surface area (Å²) < 4.78 is 0. The van der Waals surface area contributed by atoms with Crippen molar-refractivity contribution >= 4 is 45.9 Å². The fourth-order valence-corrected chi connectivity index (χ4v) is 4.70. The Hall–Kier alpha value is -2.08. The monoisotopic (exact) mass is 471 g/mol. The van der Waals surface area contributed by atoms with Crippen molar-refractivity contribution in [2.75, 3.05) is 36.4 Å². The molecule has 32 heavy (non-hydrogen) atoms. The molecular weight excluding hydrogens is 441 g/mol. The Balaban J connectivity index is 1.51. The summed E-state index contributed by atoms with van der Waals surface area (Å²) in [4.78, 5) is 14.7. The second kappa shape index (κ2) is 10.2. The molecular formula is C25H31Cl2N5. The number of fused-ring (bicyclic) bond motifs is 1. The van der Waals surface area contributed by atoms with E-state index in [0.717, 1.165) is 77.4 Å². The number of aromatic nitrogens is 2. The lowest BCUT2D eigenvalue weighted by atomic mass is 10.1. The molecule has 170 valence electrons. The summed E-state index contributed by atoms with van der Waals surface area (Å²) in [6.45, 7) is 11.1. The number of nitrogens with one attached hydrogen (secondary N) is 1. The van der Waals surface area contributed by atoms with Gasteiger partial charge in [0.1, 0.15) is 0 Å². The predicted octanol–water partition coefficient (Wildman–Crippen LogP) is 6.11. The van der Waals surface area contributed by atoms with Crippen LogP contribution in [-0.2, 0) is 6.54 Å². The lowest BCUT2D eigenvalue weighted by molar-refractivity contribution is 0.249. The first-order valence-electron chi connectivity index (χ1n) is 11.3. The third-order valence-electron chi connectivity index (χ3n) is 5.83. The van der Waals surface area contributed by atoms with Gasteiger partial charge in [0.2, 0.25) is 0 Å². The second-order valence-electron chi connectivity index (χ2n) is 9.06. The fourth-order valence-electron chi connectivity index (χ4n) is 4.33. The van der Waals surface area contributed by atoms with Crippen molar-refractivity contribution in [3.05, 3.63) is 58.1 Å². The van der Waals surface area contributed by atoms with E-state index in [1.165, 1.54) is 0 Å². The van der Waals surface area contributed by atoms with Crippen LogP contribution in [0.5, 0.6) is 0 Å². The zero-order chi connectivity index (χ0) is 22.7. The lowest BCUT2D eigenvalue weighted by Gasteiger charge is -2.36. The van der Waals surface area contributed by atoms with E-state index in [2.05, 4.69) is 35.9 Å². The van der Waals surface area contributed by atoms with Crippen LogP contribution in [0, 0.1) is 5.92 Å². The van der Waals surface area contributed by atoms with Gasteiger partial charge in [0.15, 0.2) is 11.6 Å². The number of para-hydroxylation sites is 2. The molecule has 1 unspecified atom stereocenters. The van der Waals surface area contributed by atoms with Gasteiger partial charge in [-0.2, -0.15) is 0 Å². The third-order valence-corrected chi connectivity index (χ3v) is 6.44. The molecule has 5 nitrogen and oxygen atoms in total. The van der Waals surface area contributed by atoms with Crippen molar-refractivity contribution in [3.63, 3.8) is 0 Å². The maximum atomic E-state index is 6.38. The van der Waals surface area contributed by atoms with Gasteiger partial charge in [-0.3, -0.25) is 4.90 Å². The van der Waals surface area contributed by atoms with Crippen LogP contribution in [0.3, 0.4) is 0 Å². The molecule has 0 aliphatic carbocycles. The van der Waals surface area contributed by atoms with Crippen molar-refractivity contribution in [1.29, 1.82) is 0 Å². The molecule has 4 rings (SSSR count). The van der Waals surface area contributed by atoms with Gasteiger partial charge in [0.25, 0.3) is 0 Å². The first kappa shape index (κ1) is 23.1. The van der Waals surface area contributed by atoms with Crippen LogP contribution >= 0.6 is 23.2 Å². The van der Waals surface area contributed by atoms with Crippen molar-refractivity contribution < 1.29 is 0 Å². The van der Waals surface area contributed by atoms with Gasteiger partial charge in [-0.25, -0.2) is 9.97 Å². The molecule has 3 aromatic rings. The van der Waals surface area contributed by atoms with Gasteiger partial charge in [-0.15, -0.1) is 0 Å². The summed E-state index contributed by atoms with van der Waals surface area (Å²) in [5.74, 6) is 2.44. The molecule has 2 heterocycles. The summed E-state index contributed by atoms with van der Waals surface area (Å²) >= 11 is 12.5. The van der Waals surface area contributed by atoms with Gasteiger partial charge < -0.3 is 10.2 Å². The van der Waals surface area contributed by atoms with E-state index in [-0.39, 0.29) is 0 Å². The largest absolute Gasteiger partial charge is 0.365 e. The van der Waals surface area contributed by atoms with Gasteiger partial charge in [-0.05, 0) is 55.2 Å². The first-order valence-corrected chi connectivity index (χ1v) is 12.1. The minimum Gasteiger partial charge on any atom is -0.365 e. The summed E-state index contributed by atoms with van der Waals surface area (Å²) in [7, 11) is 0. The van der Waals surface area contributed by atoms with E-state index in [1.807, 2.05) is 42.5 Å². The van der Waals surface area contributed by atoms with Crippen molar-refractivity contribution in [2.45, 2.75) is 39.8 Å². The lowest BCUT2D eigenvalue weighted by Crippen LogP contribution is -2.46. The molecule has 1 saturated heterocycles. The molecule has 2 aromatic carbocycles. The van der Waals surface area contributed by atoms with Crippen molar-refractivity contribution in [2.24, 2.45) is 5.92 Å². The quantitative estimate of drug-likeness (QED) is 0.450. The molecule has 1 aliphatic heterocycles. The van der Waals surface area contributed by atoms with Crippen LogP contribution in [0.1, 0.15) is 32.8 Å². The molecule has 0 amide bonds. The molecule has 1 fully saturated rings. The minimum absolute atomic E-state index is 0.329.